The largest absolute Gasteiger partial charge is 0.480 e. The van der Waals surface area contributed by atoms with E-state index in [0.717, 1.165) is 13.0 Å². The molecule has 0 aromatic rings. The van der Waals surface area contributed by atoms with E-state index in [1.807, 2.05) is 0 Å². The highest BCUT2D eigenvalue weighted by Crippen LogP contribution is 2.31. The molecule has 2 fully saturated rings. The predicted octanol–water partition coefficient (Wildman–Crippen LogP) is 0.971. The van der Waals surface area contributed by atoms with E-state index in [1.54, 1.807) is 0 Å². The third kappa shape index (κ3) is 2.95. The van der Waals surface area contributed by atoms with Crippen LogP contribution in [-0.4, -0.2) is 36.2 Å². The van der Waals surface area contributed by atoms with Gasteiger partial charge < -0.3 is 15.7 Å². The highest BCUT2D eigenvalue weighted by Gasteiger charge is 2.33. The van der Waals surface area contributed by atoms with Gasteiger partial charge in [0.2, 0.25) is 0 Å². The van der Waals surface area contributed by atoms with Crippen LogP contribution in [0.5, 0.6) is 0 Å². The van der Waals surface area contributed by atoms with Crippen molar-refractivity contribution in [2.45, 2.75) is 50.6 Å². The van der Waals surface area contributed by atoms with Crippen LogP contribution >= 0.6 is 0 Å². The first-order valence-corrected chi connectivity index (χ1v) is 6.46. The Hall–Kier alpha value is -0.610. The van der Waals surface area contributed by atoms with E-state index >= 15 is 0 Å². The van der Waals surface area contributed by atoms with Crippen molar-refractivity contribution in [2.24, 2.45) is 5.92 Å². The molecule has 4 heteroatoms. The molecule has 0 amide bonds. The molecule has 1 heterocycles. The molecule has 0 radical (unpaired) electrons. The monoisotopic (exact) mass is 226 g/mol. The van der Waals surface area contributed by atoms with Crippen LogP contribution in [0, 0.1) is 5.92 Å². The normalized spacial score (nSPS) is 35.1. The molecule has 1 aliphatic heterocycles. The molecule has 0 aromatic heterocycles. The van der Waals surface area contributed by atoms with Gasteiger partial charge in [0.25, 0.3) is 0 Å². The van der Waals surface area contributed by atoms with Gasteiger partial charge in [0.15, 0.2) is 0 Å². The third-order valence-electron chi connectivity index (χ3n) is 3.95. The molecule has 0 aromatic carbocycles. The number of nitrogens with one attached hydrogen (secondary N) is 2. The summed E-state index contributed by atoms with van der Waals surface area (Å²) >= 11 is 0. The van der Waals surface area contributed by atoms with Gasteiger partial charge in [-0.2, -0.15) is 0 Å². The summed E-state index contributed by atoms with van der Waals surface area (Å²) in [4.78, 5) is 10.6. The summed E-state index contributed by atoms with van der Waals surface area (Å²) in [6.07, 6.45) is 7.48. The second-order valence-corrected chi connectivity index (χ2v) is 5.03. The molecule has 1 saturated carbocycles. The summed E-state index contributed by atoms with van der Waals surface area (Å²) in [5.74, 6) is -0.109. The molecule has 3 unspecified atom stereocenters. The first-order chi connectivity index (χ1) is 7.77. The summed E-state index contributed by atoms with van der Waals surface area (Å²) in [5.41, 5.74) is 0. The summed E-state index contributed by atoms with van der Waals surface area (Å²) in [6.45, 7) is 1.24. The zero-order valence-corrected chi connectivity index (χ0v) is 9.74. The molecule has 1 saturated heterocycles. The molecule has 2 aliphatic rings. The molecule has 3 atom stereocenters. The second-order valence-electron chi connectivity index (χ2n) is 5.03. The Labute approximate surface area is 96.8 Å². The van der Waals surface area contributed by atoms with Crippen molar-refractivity contribution in [3.05, 3.63) is 0 Å². The molecular formula is C12H22N2O2. The fourth-order valence-electron chi connectivity index (χ4n) is 3.19. The third-order valence-corrected chi connectivity index (χ3v) is 3.95. The van der Waals surface area contributed by atoms with Crippen molar-refractivity contribution >= 4 is 5.97 Å². The molecule has 0 bridgehead atoms. The van der Waals surface area contributed by atoms with E-state index < -0.39 is 5.97 Å². The fraction of sp³-hybridized carbons (Fsp3) is 0.917. The number of aliphatic carboxylic acids is 1. The van der Waals surface area contributed by atoms with Crippen LogP contribution in [0.3, 0.4) is 0 Å². The number of carboxylic acid groups (broad SMARTS) is 1. The maximum atomic E-state index is 10.6. The lowest BCUT2D eigenvalue weighted by Crippen LogP contribution is -2.47. The van der Waals surface area contributed by atoms with Crippen molar-refractivity contribution < 1.29 is 9.90 Å². The van der Waals surface area contributed by atoms with Crippen molar-refractivity contribution in [1.29, 1.82) is 0 Å². The van der Waals surface area contributed by atoms with Gasteiger partial charge in [-0.25, -0.2) is 0 Å². The topological polar surface area (TPSA) is 61.4 Å². The van der Waals surface area contributed by atoms with Crippen LogP contribution in [0.25, 0.3) is 0 Å². The molecule has 92 valence electrons. The highest BCUT2D eigenvalue weighted by atomic mass is 16.4. The Kier molecular flexibility index (Phi) is 4.18. The van der Waals surface area contributed by atoms with Crippen LogP contribution in [-0.2, 0) is 4.79 Å². The minimum Gasteiger partial charge on any atom is -0.480 e. The van der Waals surface area contributed by atoms with Crippen LogP contribution in [0.4, 0.5) is 0 Å². The van der Waals surface area contributed by atoms with E-state index in [2.05, 4.69) is 10.6 Å². The zero-order valence-electron chi connectivity index (χ0n) is 9.74. The Balaban J connectivity index is 1.84. The minimum atomic E-state index is -0.748. The Morgan fingerprint density at radius 3 is 2.81 bits per heavy atom. The van der Waals surface area contributed by atoms with E-state index in [1.165, 1.54) is 32.1 Å². The number of carboxylic acids is 1. The number of rotatable bonds is 4. The first kappa shape index (κ1) is 11.9. The number of hydrogen-bond acceptors (Lipinski definition) is 3. The summed E-state index contributed by atoms with van der Waals surface area (Å²) in [5, 5.41) is 15.5. The van der Waals surface area contributed by atoms with E-state index in [9.17, 15) is 4.79 Å². The van der Waals surface area contributed by atoms with Crippen molar-refractivity contribution in [3.8, 4) is 0 Å². The van der Waals surface area contributed by atoms with E-state index in [4.69, 9.17) is 5.11 Å². The maximum absolute atomic E-state index is 10.6. The molecule has 16 heavy (non-hydrogen) atoms. The van der Waals surface area contributed by atoms with Crippen molar-refractivity contribution in [2.75, 3.05) is 13.1 Å². The fourth-order valence-corrected chi connectivity index (χ4v) is 3.19. The standard InChI is InChI=1S/C12H22N2O2/c15-12(16)8-14-11-6-3-4-9(11)10-5-1-2-7-13-10/h9-11,13-14H,1-8H2,(H,15,16). The lowest BCUT2D eigenvalue weighted by Gasteiger charge is -2.32. The molecule has 3 N–H and O–H groups in total. The zero-order chi connectivity index (χ0) is 11.4. The molecule has 0 spiro atoms. The summed E-state index contributed by atoms with van der Waals surface area (Å²) < 4.78 is 0. The molecule has 1 aliphatic carbocycles. The van der Waals surface area contributed by atoms with Crippen molar-refractivity contribution in [3.63, 3.8) is 0 Å². The van der Waals surface area contributed by atoms with E-state index in [-0.39, 0.29) is 6.54 Å². The Morgan fingerprint density at radius 2 is 2.12 bits per heavy atom. The van der Waals surface area contributed by atoms with Gasteiger partial charge in [-0.15, -0.1) is 0 Å². The van der Waals surface area contributed by atoms with Crippen molar-refractivity contribution in [1.82, 2.24) is 10.6 Å². The Bertz CT molecular complexity index is 239. The lowest BCUT2D eigenvalue weighted by molar-refractivity contribution is -0.136. The van der Waals surface area contributed by atoms with Gasteiger partial charge >= 0.3 is 5.97 Å². The van der Waals surface area contributed by atoms with Crippen LogP contribution in [0.15, 0.2) is 0 Å². The average molecular weight is 226 g/mol. The van der Waals surface area contributed by atoms with Gasteiger partial charge in [0.05, 0.1) is 6.54 Å². The second kappa shape index (κ2) is 5.64. The smallest absolute Gasteiger partial charge is 0.317 e. The van der Waals surface area contributed by atoms with Gasteiger partial charge in [-0.1, -0.05) is 12.8 Å². The lowest BCUT2D eigenvalue weighted by atomic mass is 9.88. The van der Waals surface area contributed by atoms with Crippen LogP contribution in [0.2, 0.25) is 0 Å². The molecule has 4 nitrogen and oxygen atoms in total. The summed E-state index contributed by atoms with van der Waals surface area (Å²) in [6, 6.07) is 1.02. The van der Waals surface area contributed by atoms with Gasteiger partial charge in [0, 0.05) is 12.1 Å². The minimum absolute atomic E-state index is 0.105. The average Bonchev–Trinajstić information content (AvgIpc) is 2.75. The number of hydrogen-bond donors (Lipinski definition) is 3. The maximum Gasteiger partial charge on any atom is 0.317 e. The van der Waals surface area contributed by atoms with Crippen LogP contribution in [0.1, 0.15) is 38.5 Å². The number of piperidine rings is 1. The number of carbonyl (C=O) groups is 1. The molecule has 2 rings (SSSR count). The quantitative estimate of drug-likeness (QED) is 0.668. The summed E-state index contributed by atoms with van der Waals surface area (Å²) in [7, 11) is 0. The van der Waals surface area contributed by atoms with E-state index in [0.29, 0.717) is 18.0 Å². The molecular weight excluding hydrogens is 204 g/mol. The first-order valence-electron chi connectivity index (χ1n) is 6.46. The van der Waals surface area contributed by atoms with Gasteiger partial charge in [0.1, 0.15) is 0 Å². The van der Waals surface area contributed by atoms with Crippen LogP contribution < -0.4 is 10.6 Å². The highest BCUT2D eigenvalue weighted by molar-refractivity contribution is 5.69. The SMILES string of the molecule is O=C(O)CNC1CCCC1C1CCCCN1. The Morgan fingerprint density at radius 1 is 1.25 bits per heavy atom. The van der Waals surface area contributed by atoms with Gasteiger partial charge in [-0.05, 0) is 38.1 Å². The van der Waals surface area contributed by atoms with Gasteiger partial charge in [-0.3, -0.25) is 4.79 Å². The predicted molar refractivity (Wildman–Crippen MR) is 62.4 cm³/mol.